The Morgan fingerprint density at radius 1 is 0.600 bits per heavy atom. The quantitative estimate of drug-likeness (QED) is 0.212. The van der Waals surface area contributed by atoms with E-state index in [1.807, 2.05) is 82.3 Å². The number of ether oxygens (including phenoxy) is 3. The van der Waals surface area contributed by atoms with Crippen LogP contribution in [0.15, 0.2) is 78.9 Å². The average Bonchev–Trinajstić information content (AvgIpc) is 2.77. The number of hydrogen-bond acceptors (Lipinski definition) is 5. The van der Waals surface area contributed by atoms with E-state index < -0.39 is 17.2 Å². The van der Waals surface area contributed by atoms with Crippen molar-refractivity contribution in [1.29, 1.82) is 0 Å². The number of rotatable bonds is 6. The van der Waals surface area contributed by atoms with Crippen LogP contribution in [-0.2, 0) is 10.2 Å². The maximum absolute atomic E-state index is 13.9. The predicted octanol–water partition coefficient (Wildman–Crippen LogP) is 7.37. The summed E-state index contributed by atoms with van der Waals surface area (Å²) in [6.07, 6.45) is -0.775. The summed E-state index contributed by atoms with van der Waals surface area (Å²) >= 11 is 0. The van der Waals surface area contributed by atoms with Gasteiger partial charge in [-0.2, -0.15) is 0 Å². The molecule has 0 bridgehead atoms. The average molecular weight is 475 g/mol. The van der Waals surface area contributed by atoms with Crippen LogP contribution >= 0.6 is 0 Å². The van der Waals surface area contributed by atoms with Crippen molar-refractivity contribution >= 4 is 11.9 Å². The SMILES string of the molecule is CC(C)(C)OC(=O)Oc1ccc(C(C)(C(=O)c2ccccc2)c2ccc(OC(C)(C)C)cc2)cc1. The standard InChI is InChI=1S/C30H34O5/c1-28(2,3)34-25-19-15-23(16-20-25)30(7,26(31)21-11-9-8-10-12-21)22-13-17-24(18-14-22)33-27(32)35-29(4,5)6/h8-20H,1-7H3. The lowest BCUT2D eigenvalue weighted by atomic mass is 9.71. The minimum atomic E-state index is -0.980. The van der Waals surface area contributed by atoms with E-state index in [-0.39, 0.29) is 11.4 Å². The van der Waals surface area contributed by atoms with Crippen molar-refractivity contribution in [2.75, 3.05) is 0 Å². The van der Waals surface area contributed by atoms with Gasteiger partial charge in [0.1, 0.15) is 22.7 Å². The smallest absolute Gasteiger partial charge is 0.488 e. The normalized spacial score (nSPS) is 13.5. The summed E-state index contributed by atoms with van der Waals surface area (Å²) in [4.78, 5) is 25.9. The second kappa shape index (κ2) is 9.95. The lowest BCUT2D eigenvalue weighted by molar-refractivity contribution is 0.0206. The Morgan fingerprint density at radius 3 is 1.54 bits per heavy atom. The Bertz CT molecular complexity index is 1150. The number of carbonyl (C=O) groups is 2. The fourth-order valence-corrected chi connectivity index (χ4v) is 3.74. The molecule has 0 N–H and O–H groups in total. The molecule has 0 saturated carbocycles. The van der Waals surface area contributed by atoms with E-state index in [2.05, 4.69) is 0 Å². The maximum Gasteiger partial charge on any atom is 0.514 e. The first-order chi connectivity index (χ1) is 16.3. The number of benzene rings is 3. The summed E-state index contributed by atoms with van der Waals surface area (Å²) in [5.74, 6) is 1.03. The van der Waals surface area contributed by atoms with E-state index in [4.69, 9.17) is 14.2 Å². The Morgan fingerprint density at radius 2 is 1.09 bits per heavy atom. The third kappa shape index (κ3) is 6.72. The van der Waals surface area contributed by atoms with Gasteiger partial charge in [0.15, 0.2) is 5.78 Å². The van der Waals surface area contributed by atoms with Gasteiger partial charge >= 0.3 is 6.16 Å². The highest BCUT2D eigenvalue weighted by molar-refractivity contribution is 6.06. The molecule has 0 fully saturated rings. The molecule has 5 nitrogen and oxygen atoms in total. The fraction of sp³-hybridized carbons (Fsp3) is 0.333. The first-order valence-corrected chi connectivity index (χ1v) is 11.7. The zero-order chi connectivity index (χ0) is 25.9. The van der Waals surface area contributed by atoms with Crippen LogP contribution in [0, 0.1) is 0 Å². The summed E-state index contributed by atoms with van der Waals surface area (Å²) in [7, 11) is 0. The summed E-state index contributed by atoms with van der Waals surface area (Å²) in [5.41, 5.74) is 0.251. The van der Waals surface area contributed by atoms with Crippen LogP contribution in [0.25, 0.3) is 0 Å². The van der Waals surface area contributed by atoms with Crippen LogP contribution in [-0.4, -0.2) is 23.1 Å². The topological polar surface area (TPSA) is 61.8 Å². The highest BCUT2D eigenvalue weighted by atomic mass is 16.7. The van der Waals surface area contributed by atoms with Crippen LogP contribution < -0.4 is 9.47 Å². The molecule has 0 heterocycles. The third-order valence-electron chi connectivity index (χ3n) is 5.37. The number of hydrogen-bond donors (Lipinski definition) is 0. The van der Waals surface area contributed by atoms with Crippen molar-refractivity contribution in [2.45, 2.75) is 65.1 Å². The number of Topliss-reactive ketones (excluding diaryl/α,β-unsaturated/α-hetero) is 1. The largest absolute Gasteiger partial charge is 0.514 e. The molecule has 0 aliphatic rings. The van der Waals surface area contributed by atoms with Crippen LogP contribution in [0.2, 0.25) is 0 Å². The molecular weight excluding hydrogens is 440 g/mol. The third-order valence-corrected chi connectivity index (χ3v) is 5.37. The zero-order valence-corrected chi connectivity index (χ0v) is 21.5. The molecule has 5 heteroatoms. The summed E-state index contributed by atoms with van der Waals surface area (Å²) < 4.78 is 16.5. The van der Waals surface area contributed by atoms with Crippen molar-refractivity contribution in [1.82, 2.24) is 0 Å². The Balaban J connectivity index is 1.98. The second-order valence-corrected chi connectivity index (χ2v) is 10.6. The summed E-state index contributed by atoms with van der Waals surface area (Å²) in [6, 6.07) is 23.8. The van der Waals surface area contributed by atoms with Gasteiger partial charge < -0.3 is 14.2 Å². The highest BCUT2D eigenvalue weighted by Gasteiger charge is 2.38. The molecule has 0 spiro atoms. The minimum absolute atomic E-state index is 0.0385. The van der Waals surface area contributed by atoms with Gasteiger partial charge in [0.2, 0.25) is 0 Å². The van der Waals surface area contributed by atoms with Crippen molar-refractivity contribution < 1.29 is 23.8 Å². The Hall–Kier alpha value is -3.60. The number of ketones is 1. The van der Waals surface area contributed by atoms with E-state index in [1.54, 1.807) is 45.0 Å². The van der Waals surface area contributed by atoms with Crippen molar-refractivity contribution in [3.63, 3.8) is 0 Å². The molecule has 1 atom stereocenters. The van der Waals surface area contributed by atoms with E-state index in [1.165, 1.54) is 0 Å². The molecule has 35 heavy (non-hydrogen) atoms. The Kier molecular flexibility index (Phi) is 7.39. The van der Waals surface area contributed by atoms with Crippen molar-refractivity contribution in [3.8, 4) is 11.5 Å². The van der Waals surface area contributed by atoms with Gasteiger partial charge in [-0.25, -0.2) is 4.79 Å². The Labute approximate surface area is 208 Å². The first kappa shape index (κ1) is 26.0. The van der Waals surface area contributed by atoms with Crippen molar-refractivity contribution in [3.05, 3.63) is 95.6 Å². The highest BCUT2D eigenvalue weighted by Crippen LogP contribution is 2.37. The zero-order valence-electron chi connectivity index (χ0n) is 21.5. The lowest BCUT2D eigenvalue weighted by Gasteiger charge is -2.30. The molecule has 0 aromatic heterocycles. The van der Waals surface area contributed by atoms with Gasteiger partial charge in [0.25, 0.3) is 0 Å². The fourth-order valence-electron chi connectivity index (χ4n) is 3.74. The molecule has 184 valence electrons. The number of carbonyl (C=O) groups excluding carboxylic acids is 2. The molecule has 1 unspecified atom stereocenters. The monoisotopic (exact) mass is 474 g/mol. The van der Waals surface area contributed by atoms with Gasteiger partial charge in [-0.3, -0.25) is 4.79 Å². The van der Waals surface area contributed by atoms with Gasteiger partial charge in [-0.15, -0.1) is 0 Å². The van der Waals surface area contributed by atoms with Gasteiger partial charge in [0.05, 0.1) is 5.41 Å². The minimum Gasteiger partial charge on any atom is -0.488 e. The first-order valence-electron chi connectivity index (χ1n) is 11.7. The molecule has 0 aliphatic heterocycles. The predicted molar refractivity (Wildman–Crippen MR) is 137 cm³/mol. The molecule has 0 radical (unpaired) electrons. The van der Waals surface area contributed by atoms with Crippen LogP contribution in [0.5, 0.6) is 11.5 Å². The molecule has 3 aromatic rings. The molecule has 0 aliphatic carbocycles. The molecule has 3 aromatic carbocycles. The summed E-state index contributed by atoms with van der Waals surface area (Å²) in [6.45, 7) is 13.2. The maximum atomic E-state index is 13.9. The molecule has 0 saturated heterocycles. The molecule has 0 amide bonds. The molecular formula is C30H34O5. The van der Waals surface area contributed by atoms with Crippen molar-refractivity contribution in [2.24, 2.45) is 0 Å². The van der Waals surface area contributed by atoms with E-state index in [0.29, 0.717) is 11.3 Å². The van der Waals surface area contributed by atoms with E-state index in [9.17, 15) is 9.59 Å². The van der Waals surface area contributed by atoms with Gasteiger partial charge in [0, 0.05) is 5.56 Å². The van der Waals surface area contributed by atoms with E-state index >= 15 is 0 Å². The summed E-state index contributed by atoms with van der Waals surface area (Å²) in [5, 5.41) is 0. The molecule has 3 rings (SSSR count). The second-order valence-electron chi connectivity index (χ2n) is 10.6. The van der Waals surface area contributed by atoms with E-state index in [0.717, 1.165) is 16.9 Å². The van der Waals surface area contributed by atoms with Gasteiger partial charge in [-0.05, 0) is 83.9 Å². The van der Waals surface area contributed by atoms with Crippen LogP contribution in [0.1, 0.15) is 70.0 Å². The van der Waals surface area contributed by atoms with Crippen LogP contribution in [0.4, 0.5) is 4.79 Å². The van der Waals surface area contributed by atoms with Gasteiger partial charge in [-0.1, -0.05) is 54.6 Å². The van der Waals surface area contributed by atoms with Crippen LogP contribution in [0.3, 0.4) is 0 Å². The lowest BCUT2D eigenvalue weighted by Crippen LogP contribution is -2.34.